The van der Waals surface area contributed by atoms with Crippen LogP contribution in [0.5, 0.6) is 11.5 Å². The number of esters is 1. The molecule has 8 heteroatoms. The molecule has 0 saturated heterocycles. The molecule has 0 fully saturated rings. The lowest BCUT2D eigenvalue weighted by Gasteiger charge is -2.12. The van der Waals surface area contributed by atoms with Gasteiger partial charge in [-0.25, -0.2) is 4.79 Å². The second kappa shape index (κ2) is 11.9. The van der Waals surface area contributed by atoms with Gasteiger partial charge in [-0.2, -0.15) is 5.26 Å². The van der Waals surface area contributed by atoms with Crippen LogP contribution in [0.2, 0.25) is 0 Å². The summed E-state index contributed by atoms with van der Waals surface area (Å²) in [6.45, 7) is 0.378. The third-order valence-corrected chi connectivity index (χ3v) is 5.45. The quantitative estimate of drug-likeness (QED) is 0.174. The highest BCUT2D eigenvalue weighted by atomic mass is 127. The predicted molar refractivity (Wildman–Crippen MR) is 136 cm³/mol. The number of nitriles is 1. The van der Waals surface area contributed by atoms with Crippen LogP contribution in [-0.2, 0) is 16.1 Å². The first-order valence-corrected chi connectivity index (χ1v) is 11.2. The van der Waals surface area contributed by atoms with Crippen LogP contribution >= 0.6 is 22.6 Å². The van der Waals surface area contributed by atoms with Crippen LogP contribution in [0.1, 0.15) is 21.5 Å². The van der Waals surface area contributed by atoms with E-state index in [1.165, 1.54) is 32.4 Å². The summed E-state index contributed by atoms with van der Waals surface area (Å²) in [4.78, 5) is 24.1. The van der Waals surface area contributed by atoms with Crippen LogP contribution in [0.25, 0.3) is 6.08 Å². The minimum absolute atomic E-state index is 0.0911. The molecule has 0 unspecified atom stereocenters. The maximum atomic E-state index is 12.6. The molecule has 0 aliphatic heterocycles. The molecule has 0 heterocycles. The number of rotatable bonds is 8. The van der Waals surface area contributed by atoms with Gasteiger partial charge in [0.1, 0.15) is 18.2 Å². The first-order valence-electron chi connectivity index (χ1n) is 10.1. The normalized spacial score (nSPS) is 10.7. The van der Waals surface area contributed by atoms with Crippen LogP contribution in [0.15, 0.2) is 72.3 Å². The molecule has 3 aromatic rings. The summed E-state index contributed by atoms with van der Waals surface area (Å²) in [7, 11) is 2.82. The van der Waals surface area contributed by atoms with Crippen molar-refractivity contribution in [2.75, 3.05) is 19.5 Å². The topological polar surface area (TPSA) is 97.7 Å². The Kier molecular flexibility index (Phi) is 8.65. The van der Waals surface area contributed by atoms with Gasteiger partial charge in [-0.1, -0.05) is 18.2 Å². The number of methoxy groups -OCH3 is 2. The second-order valence-electron chi connectivity index (χ2n) is 7.02. The molecular weight excluding hydrogens is 547 g/mol. The van der Waals surface area contributed by atoms with Crippen molar-refractivity contribution in [1.29, 1.82) is 5.26 Å². The smallest absolute Gasteiger partial charge is 0.337 e. The molecule has 3 aromatic carbocycles. The number of halogens is 1. The summed E-state index contributed by atoms with van der Waals surface area (Å²) < 4.78 is 17.1. The van der Waals surface area contributed by atoms with Crippen LogP contribution in [-0.4, -0.2) is 26.1 Å². The lowest BCUT2D eigenvalue weighted by molar-refractivity contribution is -0.112. The Morgan fingerprint density at radius 1 is 1.00 bits per heavy atom. The van der Waals surface area contributed by atoms with E-state index in [1.54, 1.807) is 30.3 Å². The van der Waals surface area contributed by atoms with Crippen molar-refractivity contribution in [3.05, 3.63) is 92.6 Å². The van der Waals surface area contributed by atoms with Gasteiger partial charge in [-0.3, -0.25) is 4.79 Å². The Balaban J connectivity index is 1.71. The fourth-order valence-corrected chi connectivity index (χ4v) is 3.32. The van der Waals surface area contributed by atoms with E-state index in [9.17, 15) is 14.9 Å². The highest BCUT2D eigenvalue weighted by Crippen LogP contribution is 2.30. The van der Waals surface area contributed by atoms with Crippen LogP contribution in [0.3, 0.4) is 0 Å². The monoisotopic (exact) mass is 568 g/mol. The number of anilines is 1. The lowest BCUT2D eigenvalue weighted by atomic mass is 10.1. The average Bonchev–Trinajstić information content (AvgIpc) is 2.87. The van der Waals surface area contributed by atoms with Crippen LogP contribution < -0.4 is 14.8 Å². The molecule has 3 rings (SSSR count). The summed E-state index contributed by atoms with van der Waals surface area (Å²) >= 11 is 2.24. The number of nitrogens with one attached hydrogen (secondary N) is 1. The van der Waals surface area contributed by atoms with E-state index in [4.69, 9.17) is 9.47 Å². The fraction of sp³-hybridized carbons (Fsp3) is 0.115. The minimum atomic E-state index is -0.577. The summed E-state index contributed by atoms with van der Waals surface area (Å²) in [6, 6.07) is 21.2. The largest absolute Gasteiger partial charge is 0.493 e. The summed E-state index contributed by atoms with van der Waals surface area (Å²) in [5.41, 5.74) is 2.33. The standard InChI is InChI=1S/C26H21IN2O5/c1-32-24-14-18(5-12-23(24)34-16-17-3-8-21(27)9-4-17)13-20(15-28)25(30)29-22-10-6-19(7-11-22)26(31)33-2/h3-14H,16H2,1-2H3,(H,29,30)/b20-13+. The van der Waals surface area contributed by atoms with Gasteiger partial charge in [-0.05, 0) is 88.3 Å². The first-order chi connectivity index (χ1) is 16.4. The van der Waals surface area contributed by atoms with Crippen molar-refractivity contribution < 1.29 is 23.8 Å². The highest BCUT2D eigenvalue weighted by Gasteiger charge is 2.12. The molecule has 34 heavy (non-hydrogen) atoms. The van der Waals surface area contributed by atoms with Crippen molar-refractivity contribution in [3.8, 4) is 17.6 Å². The average molecular weight is 568 g/mol. The van der Waals surface area contributed by atoms with Gasteiger partial charge in [0.25, 0.3) is 5.91 Å². The molecule has 7 nitrogen and oxygen atoms in total. The predicted octanol–water partition coefficient (Wildman–Crippen LogP) is 5.21. The number of benzene rings is 3. The molecule has 0 aromatic heterocycles. The van der Waals surface area contributed by atoms with Crippen molar-refractivity contribution in [2.24, 2.45) is 0 Å². The van der Waals surface area contributed by atoms with Gasteiger partial charge in [-0.15, -0.1) is 0 Å². The van der Waals surface area contributed by atoms with Gasteiger partial charge in [0.2, 0.25) is 0 Å². The Labute approximate surface area is 211 Å². The number of nitrogens with zero attached hydrogens (tertiary/aromatic N) is 1. The SMILES string of the molecule is COC(=O)c1ccc(NC(=O)/C(C#N)=C/c2ccc(OCc3ccc(I)cc3)c(OC)c2)cc1. The molecule has 0 bridgehead atoms. The molecule has 0 atom stereocenters. The summed E-state index contributed by atoms with van der Waals surface area (Å²) in [6.07, 6.45) is 1.46. The molecule has 1 amide bonds. The summed E-state index contributed by atoms with van der Waals surface area (Å²) in [5.74, 6) is -0.0241. The zero-order chi connectivity index (χ0) is 24.5. The van der Waals surface area contributed by atoms with E-state index in [-0.39, 0.29) is 5.57 Å². The van der Waals surface area contributed by atoms with Gasteiger partial charge in [0.05, 0.1) is 19.8 Å². The molecule has 172 valence electrons. The number of amides is 1. The van der Waals surface area contributed by atoms with E-state index >= 15 is 0 Å². The fourth-order valence-electron chi connectivity index (χ4n) is 2.96. The van der Waals surface area contributed by atoms with Crippen molar-refractivity contribution in [1.82, 2.24) is 0 Å². The Bertz CT molecular complexity index is 1250. The zero-order valence-corrected chi connectivity index (χ0v) is 20.7. The van der Waals surface area contributed by atoms with Gasteiger partial charge >= 0.3 is 5.97 Å². The van der Waals surface area contributed by atoms with Gasteiger partial charge in [0, 0.05) is 9.26 Å². The zero-order valence-electron chi connectivity index (χ0n) is 18.5. The van der Waals surface area contributed by atoms with E-state index in [0.717, 1.165) is 9.13 Å². The van der Waals surface area contributed by atoms with Crippen molar-refractivity contribution >= 4 is 46.2 Å². The molecule has 0 aliphatic carbocycles. The Hall–Kier alpha value is -3.84. The number of hydrogen-bond acceptors (Lipinski definition) is 6. The number of hydrogen-bond donors (Lipinski definition) is 1. The first kappa shape index (κ1) is 24.8. The number of carbonyl (C=O) groups is 2. The molecule has 1 N–H and O–H groups in total. The second-order valence-corrected chi connectivity index (χ2v) is 8.26. The van der Waals surface area contributed by atoms with Gasteiger partial charge < -0.3 is 19.5 Å². The lowest BCUT2D eigenvalue weighted by Crippen LogP contribution is -2.13. The molecular formula is C26H21IN2O5. The molecule has 0 aliphatic rings. The Morgan fingerprint density at radius 3 is 2.32 bits per heavy atom. The third kappa shape index (κ3) is 6.59. The number of ether oxygens (including phenoxy) is 3. The number of carbonyl (C=O) groups excluding carboxylic acids is 2. The molecule has 0 spiro atoms. The van der Waals surface area contributed by atoms with Crippen LogP contribution in [0, 0.1) is 14.9 Å². The van der Waals surface area contributed by atoms with Crippen molar-refractivity contribution in [2.45, 2.75) is 6.61 Å². The molecule has 0 radical (unpaired) electrons. The van der Waals surface area contributed by atoms with Gasteiger partial charge in [0.15, 0.2) is 11.5 Å². The van der Waals surface area contributed by atoms with E-state index in [1.807, 2.05) is 30.3 Å². The van der Waals surface area contributed by atoms with E-state index < -0.39 is 11.9 Å². The van der Waals surface area contributed by atoms with E-state index in [0.29, 0.717) is 34.9 Å². The van der Waals surface area contributed by atoms with Crippen molar-refractivity contribution in [3.63, 3.8) is 0 Å². The minimum Gasteiger partial charge on any atom is -0.493 e. The highest BCUT2D eigenvalue weighted by molar-refractivity contribution is 14.1. The molecule has 0 saturated carbocycles. The van der Waals surface area contributed by atoms with E-state index in [2.05, 4.69) is 32.6 Å². The summed E-state index contributed by atoms with van der Waals surface area (Å²) in [5, 5.41) is 12.1. The maximum Gasteiger partial charge on any atom is 0.337 e. The Morgan fingerprint density at radius 2 is 1.71 bits per heavy atom. The third-order valence-electron chi connectivity index (χ3n) is 4.74. The maximum absolute atomic E-state index is 12.6. The van der Waals surface area contributed by atoms with Crippen LogP contribution in [0.4, 0.5) is 5.69 Å².